The Labute approximate surface area is 134 Å². The molecule has 0 aromatic heterocycles. The summed E-state index contributed by atoms with van der Waals surface area (Å²) < 4.78 is 0.623. The summed E-state index contributed by atoms with van der Waals surface area (Å²) in [6.45, 7) is 1.84. The van der Waals surface area contributed by atoms with E-state index in [2.05, 4.69) is 15.9 Å². The van der Waals surface area contributed by atoms with E-state index in [1.807, 2.05) is 6.92 Å². The average Bonchev–Trinajstić information content (AvgIpc) is 2.68. The highest BCUT2D eigenvalue weighted by atomic mass is 79.9. The van der Waals surface area contributed by atoms with E-state index in [-0.39, 0.29) is 5.56 Å². The van der Waals surface area contributed by atoms with Crippen molar-refractivity contribution < 1.29 is 9.59 Å². The molecule has 4 nitrogen and oxygen atoms in total. The fourth-order valence-electron chi connectivity index (χ4n) is 2.34. The van der Waals surface area contributed by atoms with Gasteiger partial charge in [-0.05, 0) is 52.7 Å². The van der Waals surface area contributed by atoms with Crippen molar-refractivity contribution in [3.8, 4) is 0 Å². The molecule has 21 heavy (non-hydrogen) atoms. The summed E-state index contributed by atoms with van der Waals surface area (Å²) in [5.41, 5.74) is 7.93. The molecule has 106 valence electrons. The Morgan fingerprint density at radius 2 is 1.90 bits per heavy atom. The van der Waals surface area contributed by atoms with E-state index in [4.69, 9.17) is 17.3 Å². The Kier molecular flexibility index (Phi) is 3.26. The third-order valence-electron chi connectivity index (χ3n) is 3.42. The van der Waals surface area contributed by atoms with Crippen molar-refractivity contribution >= 4 is 50.7 Å². The van der Waals surface area contributed by atoms with Crippen LogP contribution < -0.4 is 10.6 Å². The molecule has 0 bridgehead atoms. The smallest absolute Gasteiger partial charge is 0.268 e. The zero-order chi connectivity index (χ0) is 15.3. The van der Waals surface area contributed by atoms with E-state index < -0.39 is 11.8 Å². The summed E-state index contributed by atoms with van der Waals surface area (Å²) >= 11 is 9.48. The number of amides is 2. The number of carbonyl (C=O) groups excluding carboxylic acids is 2. The van der Waals surface area contributed by atoms with Gasteiger partial charge in [0.2, 0.25) is 0 Å². The Hall–Kier alpha value is -1.85. The summed E-state index contributed by atoms with van der Waals surface area (Å²) in [7, 11) is 0. The quantitative estimate of drug-likeness (QED) is 0.617. The number of halogens is 2. The number of anilines is 2. The molecule has 1 heterocycles. The first-order chi connectivity index (χ1) is 9.91. The van der Waals surface area contributed by atoms with Gasteiger partial charge < -0.3 is 5.73 Å². The molecule has 6 heteroatoms. The van der Waals surface area contributed by atoms with Gasteiger partial charge in [-0.25, -0.2) is 4.90 Å². The number of nitrogens with zero attached hydrogens (tertiary/aromatic N) is 1. The van der Waals surface area contributed by atoms with Crippen molar-refractivity contribution in [3.63, 3.8) is 0 Å². The van der Waals surface area contributed by atoms with Crippen LogP contribution >= 0.6 is 27.5 Å². The summed E-state index contributed by atoms with van der Waals surface area (Å²) in [6, 6.07) is 8.21. The van der Waals surface area contributed by atoms with Crippen LogP contribution in [0.1, 0.15) is 26.3 Å². The SMILES string of the molecule is Cc1cc(Br)c(N2C(=O)c3cccc(N)c3C2=O)cc1Cl. The highest BCUT2D eigenvalue weighted by Gasteiger charge is 2.39. The van der Waals surface area contributed by atoms with Crippen LogP contribution in [0.3, 0.4) is 0 Å². The Bertz CT molecular complexity index is 805. The molecule has 2 amide bonds. The molecular weight excluding hydrogens is 356 g/mol. The standard InChI is InChI=1S/C15H10BrClN2O2/c1-7-5-9(16)12(6-10(7)17)19-14(20)8-3-2-4-11(18)13(8)15(19)21/h2-6H,18H2,1H3. The van der Waals surface area contributed by atoms with E-state index in [1.165, 1.54) is 0 Å². The maximum atomic E-state index is 12.5. The molecule has 0 unspecified atom stereocenters. The van der Waals surface area contributed by atoms with Gasteiger partial charge in [0.05, 0.1) is 16.8 Å². The number of fused-ring (bicyclic) bond motifs is 1. The lowest BCUT2D eigenvalue weighted by Crippen LogP contribution is -2.29. The van der Waals surface area contributed by atoms with E-state index >= 15 is 0 Å². The molecular formula is C15H10BrClN2O2. The molecule has 1 aliphatic rings. The average molecular weight is 366 g/mol. The van der Waals surface area contributed by atoms with Gasteiger partial charge in [0.25, 0.3) is 11.8 Å². The van der Waals surface area contributed by atoms with Gasteiger partial charge in [0.15, 0.2) is 0 Å². The minimum atomic E-state index is -0.436. The third-order valence-corrected chi connectivity index (χ3v) is 4.46. The van der Waals surface area contributed by atoms with Crippen LogP contribution in [0, 0.1) is 6.92 Å². The first kappa shape index (κ1) is 14.1. The van der Waals surface area contributed by atoms with Gasteiger partial charge in [-0.1, -0.05) is 17.7 Å². The number of aryl methyl sites for hydroxylation is 1. The number of hydrogen-bond acceptors (Lipinski definition) is 3. The van der Waals surface area contributed by atoms with Crippen molar-refractivity contribution in [3.05, 3.63) is 56.5 Å². The van der Waals surface area contributed by atoms with Gasteiger partial charge in [-0.15, -0.1) is 0 Å². The molecule has 2 aromatic rings. The summed E-state index contributed by atoms with van der Waals surface area (Å²) in [5.74, 6) is -0.836. The predicted molar refractivity (Wildman–Crippen MR) is 85.9 cm³/mol. The van der Waals surface area contributed by atoms with Crippen molar-refractivity contribution in [1.82, 2.24) is 0 Å². The number of nitrogens with two attached hydrogens (primary N) is 1. The topological polar surface area (TPSA) is 63.4 Å². The van der Waals surface area contributed by atoms with Crippen LogP contribution in [-0.2, 0) is 0 Å². The lowest BCUT2D eigenvalue weighted by molar-refractivity contribution is 0.0926. The zero-order valence-electron chi connectivity index (χ0n) is 11.0. The number of nitrogen functional groups attached to an aromatic ring is 1. The van der Waals surface area contributed by atoms with Crippen LogP contribution in [0.4, 0.5) is 11.4 Å². The fourth-order valence-corrected chi connectivity index (χ4v) is 3.13. The molecule has 2 N–H and O–H groups in total. The maximum Gasteiger partial charge on any atom is 0.268 e. The van der Waals surface area contributed by atoms with Crippen molar-refractivity contribution in [2.24, 2.45) is 0 Å². The monoisotopic (exact) mass is 364 g/mol. The van der Waals surface area contributed by atoms with Crippen LogP contribution in [0.2, 0.25) is 5.02 Å². The molecule has 3 rings (SSSR count). The van der Waals surface area contributed by atoms with Gasteiger partial charge in [0, 0.05) is 15.2 Å². The van der Waals surface area contributed by atoms with Crippen LogP contribution in [0.5, 0.6) is 0 Å². The third kappa shape index (κ3) is 2.04. The highest BCUT2D eigenvalue weighted by molar-refractivity contribution is 9.10. The van der Waals surface area contributed by atoms with Gasteiger partial charge in [-0.2, -0.15) is 0 Å². The molecule has 0 atom stereocenters. The lowest BCUT2D eigenvalue weighted by atomic mass is 10.1. The second kappa shape index (κ2) is 4.86. The lowest BCUT2D eigenvalue weighted by Gasteiger charge is -2.17. The molecule has 0 aliphatic carbocycles. The first-order valence-electron chi connectivity index (χ1n) is 6.14. The second-order valence-corrected chi connectivity index (χ2v) is 6.03. The summed E-state index contributed by atoms with van der Waals surface area (Å²) in [5, 5.41) is 0.484. The summed E-state index contributed by atoms with van der Waals surface area (Å²) in [4.78, 5) is 26.1. The number of rotatable bonds is 1. The highest BCUT2D eigenvalue weighted by Crippen LogP contribution is 2.37. The number of hydrogen-bond donors (Lipinski definition) is 1. The van der Waals surface area contributed by atoms with Crippen molar-refractivity contribution in [1.29, 1.82) is 0 Å². The minimum Gasteiger partial charge on any atom is -0.398 e. The molecule has 0 saturated carbocycles. The molecule has 1 aliphatic heterocycles. The van der Waals surface area contributed by atoms with Gasteiger partial charge >= 0.3 is 0 Å². The number of imide groups is 1. The molecule has 0 saturated heterocycles. The van der Waals surface area contributed by atoms with Crippen molar-refractivity contribution in [2.45, 2.75) is 6.92 Å². The van der Waals surface area contributed by atoms with Crippen LogP contribution in [0.25, 0.3) is 0 Å². The summed E-state index contributed by atoms with van der Waals surface area (Å²) in [6.07, 6.45) is 0. The van der Waals surface area contributed by atoms with Crippen molar-refractivity contribution in [2.75, 3.05) is 10.6 Å². The van der Waals surface area contributed by atoms with Gasteiger partial charge in [0.1, 0.15) is 0 Å². The van der Waals surface area contributed by atoms with Crippen LogP contribution in [0.15, 0.2) is 34.8 Å². The van der Waals surface area contributed by atoms with E-state index in [0.29, 0.717) is 26.4 Å². The van der Waals surface area contributed by atoms with Crippen LogP contribution in [-0.4, -0.2) is 11.8 Å². The molecule has 0 spiro atoms. The zero-order valence-corrected chi connectivity index (χ0v) is 13.3. The predicted octanol–water partition coefficient (Wildman–Crippen LogP) is 3.79. The molecule has 0 radical (unpaired) electrons. The maximum absolute atomic E-state index is 12.5. The number of benzene rings is 2. The Balaban J connectivity index is 2.19. The molecule has 0 fully saturated rings. The number of carbonyl (C=O) groups is 2. The Morgan fingerprint density at radius 3 is 2.57 bits per heavy atom. The second-order valence-electron chi connectivity index (χ2n) is 4.77. The largest absolute Gasteiger partial charge is 0.398 e. The van der Waals surface area contributed by atoms with E-state index in [1.54, 1.807) is 30.3 Å². The molecule has 2 aromatic carbocycles. The van der Waals surface area contributed by atoms with E-state index in [0.717, 1.165) is 10.5 Å². The minimum absolute atomic E-state index is 0.242. The van der Waals surface area contributed by atoms with Gasteiger partial charge in [-0.3, -0.25) is 9.59 Å². The van der Waals surface area contributed by atoms with E-state index in [9.17, 15) is 9.59 Å². The first-order valence-corrected chi connectivity index (χ1v) is 7.32. The Morgan fingerprint density at radius 1 is 1.19 bits per heavy atom. The fraction of sp³-hybridized carbons (Fsp3) is 0.0667. The normalized spacial score (nSPS) is 13.8.